The molecule has 0 aromatic heterocycles. The van der Waals surface area contributed by atoms with E-state index in [1.54, 1.807) is 30.3 Å². The first-order chi connectivity index (χ1) is 14.5. The molecule has 2 N–H and O–H groups in total. The number of carbonyl (C=O) groups excluding carboxylic acids is 1. The molecule has 0 spiro atoms. The Hall–Kier alpha value is -2.00. The number of ketones is 1. The van der Waals surface area contributed by atoms with E-state index in [2.05, 4.69) is 0 Å². The quantitative estimate of drug-likeness (QED) is 0.488. The summed E-state index contributed by atoms with van der Waals surface area (Å²) in [5.74, 6) is -0.674. The Labute approximate surface area is 182 Å². The second-order valence-electron chi connectivity index (χ2n) is 7.68. The molecule has 1 aliphatic rings. The molecule has 0 bridgehead atoms. The van der Waals surface area contributed by atoms with Gasteiger partial charge in [0.2, 0.25) is 0 Å². The van der Waals surface area contributed by atoms with Crippen LogP contribution >= 0.6 is 11.6 Å². The van der Waals surface area contributed by atoms with Crippen LogP contribution in [-0.2, 0) is 16.6 Å². The standard InChI is InChI=1S/C22H22ClF4NO3/c23-17-7-6-15(12-16(17)22(25,26)27)21(31)8-10-28(11-9-21)19(24)13-18(29)20(30)14-4-2-1-3-5-14/h1-7,12,19-20,30-31H,8-11,13H2. The van der Waals surface area contributed by atoms with Crippen molar-refractivity contribution in [3.05, 3.63) is 70.2 Å². The molecule has 168 valence electrons. The number of hydrogen-bond acceptors (Lipinski definition) is 4. The summed E-state index contributed by atoms with van der Waals surface area (Å²) in [5.41, 5.74) is -2.16. The van der Waals surface area contributed by atoms with E-state index in [1.165, 1.54) is 11.0 Å². The maximum atomic E-state index is 14.7. The molecular weight excluding hydrogens is 438 g/mol. The summed E-state index contributed by atoms with van der Waals surface area (Å²) in [4.78, 5) is 13.6. The lowest BCUT2D eigenvalue weighted by Crippen LogP contribution is -2.46. The number of halogens is 5. The Morgan fingerprint density at radius 2 is 1.74 bits per heavy atom. The zero-order chi connectivity index (χ0) is 22.8. The minimum absolute atomic E-state index is 0.0121. The van der Waals surface area contributed by atoms with Crippen LogP contribution in [0.3, 0.4) is 0 Å². The predicted octanol–water partition coefficient (Wildman–Crippen LogP) is 4.63. The lowest BCUT2D eigenvalue weighted by atomic mass is 9.83. The van der Waals surface area contributed by atoms with Crippen LogP contribution in [0.15, 0.2) is 48.5 Å². The summed E-state index contributed by atoms with van der Waals surface area (Å²) >= 11 is 5.64. The molecule has 2 aromatic carbocycles. The summed E-state index contributed by atoms with van der Waals surface area (Å²) in [6, 6.07) is 11.4. The van der Waals surface area contributed by atoms with Crippen LogP contribution in [-0.4, -0.2) is 40.3 Å². The molecule has 0 amide bonds. The Bertz CT molecular complexity index is 915. The summed E-state index contributed by atoms with van der Waals surface area (Å²) < 4.78 is 54.1. The monoisotopic (exact) mass is 459 g/mol. The SMILES string of the molecule is O=C(CC(F)N1CCC(O)(c2ccc(Cl)c(C(F)(F)F)c2)CC1)C(O)c1ccccc1. The van der Waals surface area contributed by atoms with E-state index in [0.29, 0.717) is 5.56 Å². The number of aliphatic hydroxyl groups excluding tert-OH is 1. The van der Waals surface area contributed by atoms with Gasteiger partial charge in [0.05, 0.1) is 22.6 Å². The number of benzene rings is 2. The van der Waals surface area contributed by atoms with Crippen LogP contribution in [0.5, 0.6) is 0 Å². The van der Waals surface area contributed by atoms with Crippen LogP contribution in [0, 0.1) is 0 Å². The number of likely N-dealkylation sites (tertiary alicyclic amines) is 1. The number of piperidine rings is 1. The molecule has 1 heterocycles. The van der Waals surface area contributed by atoms with E-state index in [-0.39, 0.29) is 31.5 Å². The third-order valence-corrected chi connectivity index (χ3v) is 5.95. The highest BCUT2D eigenvalue weighted by molar-refractivity contribution is 6.31. The molecule has 2 aromatic rings. The van der Waals surface area contributed by atoms with Crippen LogP contribution in [0.2, 0.25) is 5.02 Å². The van der Waals surface area contributed by atoms with Gasteiger partial charge in [0, 0.05) is 13.1 Å². The van der Waals surface area contributed by atoms with E-state index in [9.17, 15) is 32.6 Å². The molecule has 0 saturated carbocycles. The summed E-state index contributed by atoms with van der Waals surface area (Å²) in [5, 5.41) is 20.5. The Balaban J connectivity index is 1.63. The first kappa shape index (κ1) is 23.7. The van der Waals surface area contributed by atoms with Crippen molar-refractivity contribution < 1.29 is 32.6 Å². The fraction of sp³-hybridized carbons (Fsp3) is 0.409. The number of hydrogen-bond donors (Lipinski definition) is 2. The molecular formula is C22H22ClF4NO3. The van der Waals surface area contributed by atoms with Gasteiger partial charge < -0.3 is 10.2 Å². The second kappa shape index (κ2) is 9.24. The van der Waals surface area contributed by atoms with E-state index < -0.39 is 47.0 Å². The van der Waals surface area contributed by atoms with Gasteiger partial charge in [-0.3, -0.25) is 9.69 Å². The average Bonchev–Trinajstić information content (AvgIpc) is 2.73. The lowest BCUT2D eigenvalue weighted by molar-refractivity contribution is -0.137. The summed E-state index contributed by atoms with van der Waals surface area (Å²) in [6.45, 7) is 0.0761. The minimum atomic E-state index is -4.66. The maximum absolute atomic E-state index is 14.7. The maximum Gasteiger partial charge on any atom is 0.417 e. The van der Waals surface area contributed by atoms with Gasteiger partial charge in [-0.05, 0) is 36.1 Å². The van der Waals surface area contributed by atoms with Crippen LogP contribution in [0.25, 0.3) is 0 Å². The van der Waals surface area contributed by atoms with Crippen LogP contribution < -0.4 is 0 Å². The number of alkyl halides is 4. The molecule has 2 unspecified atom stereocenters. The van der Waals surface area contributed by atoms with Crippen molar-refractivity contribution in [1.29, 1.82) is 0 Å². The second-order valence-corrected chi connectivity index (χ2v) is 8.09. The third kappa shape index (κ3) is 5.44. The van der Waals surface area contributed by atoms with E-state index in [0.717, 1.165) is 12.1 Å². The molecule has 3 rings (SSSR count). The number of aliphatic hydroxyl groups is 2. The highest BCUT2D eigenvalue weighted by Crippen LogP contribution is 2.40. The first-order valence-electron chi connectivity index (χ1n) is 9.75. The lowest BCUT2D eigenvalue weighted by Gasteiger charge is -2.40. The Morgan fingerprint density at radius 3 is 2.32 bits per heavy atom. The van der Waals surface area contributed by atoms with Crippen molar-refractivity contribution >= 4 is 17.4 Å². The van der Waals surface area contributed by atoms with Gasteiger partial charge in [0.25, 0.3) is 0 Å². The Kier molecular flexibility index (Phi) is 7.05. The molecule has 4 nitrogen and oxygen atoms in total. The highest BCUT2D eigenvalue weighted by atomic mass is 35.5. The fourth-order valence-corrected chi connectivity index (χ4v) is 3.95. The van der Waals surface area contributed by atoms with Crippen LogP contribution in [0.4, 0.5) is 17.6 Å². The summed E-state index contributed by atoms with van der Waals surface area (Å²) in [7, 11) is 0. The van der Waals surface area contributed by atoms with Gasteiger partial charge in [0.1, 0.15) is 6.10 Å². The van der Waals surface area contributed by atoms with Gasteiger partial charge in [0.15, 0.2) is 12.1 Å². The summed E-state index contributed by atoms with van der Waals surface area (Å²) in [6.07, 6.45) is -8.33. The number of nitrogens with zero attached hydrogens (tertiary/aromatic N) is 1. The molecule has 9 heteroatoms. The number of Topliss-reactive ketones (excluding diaryl/α,β-unsaturated/α-hetero) is 1. The van der Waals surface area contributed by atoms with Gasteiger partial charge in [-0.15, -0.1) is 0 Å². The average molecular weight is 460 g/mol. The number of rotatable bonds is 6. The predicted molar refractivity (Wildman–Crippen MR) is 107 cm³/mol. The van der Waals surface area contributed by atoms with Crippen molar-refractivity contribution in [2.24, 2.45) is 0 Å². The third-order valence-electron chi connectivity index (χ3n) is 5.62. The zero-order valence-electron chi connectivity index (χ0n) is 16.4. The van der Waals surface area contributed by atoms with Crippen molar-refractivity contribution in [2.75, 3.05) is 13.1 Å². The molecule has 0 radical (unpaired) electrons. The highest BCUT2D eigenvalue weighted by Gasteiger charge is 2.40. The first-order valence-corrected chi connectivity index (χ1v) is 10.1. The smallest absolute Gasteiger partial charge is 0.385 e. The largest absolute Gasteiger partial charge is 0.417 e. The van der Waals surface area contributed by atoms with Crippen molar-refractivity contribution in [3.63, 3.8) is 0 Å². The normalized spacial score (nSPS) is 19.1. The van der Waals surface area contributed by atoms with Crippen molar-refractivity contribution in [1.82, 2.24) is 4.90 Å². The van der Waals surface area contributed by atoms with E-state index in [1.807, 2.05) is 0 Å². The Morgan fingerprint density at radius 1 is 1.13 bits per heavy atom. The van der Waals surface area contributed by atoms with Gasteiger partial charge in [-0.2, -0.15) is 13.2 Å². The van der Waals surface area contributed by atoms with Crippen LogP contribution in [0.1, 0.15) is 42.1 Å². The zero-order valence-corrected chi connectivity index (χ0v) is 17.2. The molecule has 1 fully saturated rings. The van der Waals surface area contributed by atoms with Crippen molar-refractivity contribution in [3.8, 4) is 0 Å². The molecule has 1 saturated heterocycles. The molecule has 31 heavy (non-hydrogen) atoms. The number of carbonyl (C=O) groups is 1. The minimum Gasteiger partial charge on any atom is -0.385 e. The fourth-order valence-electron chi connectivity index (χ4n) is 3.72. The van der Waals surface area contributed by atoms with Gasteiger partial charge in [-0.25, -0.2) is 4.39 Å². The van der Waals surface area contributed by atoms with E-state index in [4.69, 9.17) is 11.6 Å². The van der Waals surface area contributed by atoms with Crippen molar-refractivity contribution in [2.45, 2.75) is 43.4 Å². The van der Waals surface area contributed by atoms with Gasteiger partial charge >= 0.3 is 6.18 Å². The molecule has 2 atom stereocenters. The van der Waals surface area contributed by atoms with Gasteiger partial charge in [-0.1, -0.05) is 48.0 Å². The topological polar surface area (TPSA) is 60.8 Å². The van der Waals surface area contributed by atoms with E-state index >= 15 is 0 Å². The molecule has 1 aliphatic heterocycles. The molecule has 0 aliphatic carbocycles.